The van der Waals surface area contributed by atoms with Crippen molar-refractivity contribution in [2.45, 2.75) is 18.3 Å². The first-order chi connectivity index (χ1) is 16.3. The summed E-state index contributed by atoms with van der Waals surface area (Å²) in [5.41, 5.74) is 1.71. The van der Waals surface area contributed by atoms with Crippen molar-refractivity contribution in [3.8, 4) is 6.07 Å². The second kappa shape index (κ2) is 10.0. The Morgan fingerprint density at radius 2 is 1.88 bits per heavy atom. The Bertz CT molecular complexity index is 1170. The van der Waals surface area contributed by atoms with Gasteiger partial charge in [0, 0.05) is 32.4 Å². The molecular formula is C25H22ClF3N4O. The van der Waals surface area contributed by atoms with Crippen molar-refractivity contribution in [1.82, 2.24) is 9.88 Å². The Labute approximate surface area is 200 Å². The predicted molar refractivity (Wildman–Crippen MR) is 123 cm³/mol. The van der Waals surface area contributed by atoms with Crippen LogP contribution in [-0.2, 0) is 6.18 Å². The van der Waals surface area contributed by atoms with Crippen molar-refractivity contribution in [2.75, 3.05) is 31.1 Å². The number of aromatic nitrogens is 1. The van der Waals surface area contributed by atoms with Crippen molar-refractivity contribution < 1.29 is 18.3 Å². The number of nitrogens with zero attached hydrogens (tertiary/aromatic N) is 4. The van der Waals surface area contributed by atoms with Gasteiger partial charge in [0.2, 0.25) is 0 Å². The zero-order valence-electron chi connectivity index (χ0n) is 18.1. The minimum atomic E-state index is -4.47. The lowest BCUT2D eigenvalue weighted by atomic mass is 10.0. The molecule has 0 radical (unpaired) electrons. The molecule has 2 atom stereocenters. The fraction of sp³-hybridized carbons (Fsp3) is 0.280. The number of rotatable bonds is 5. The number of pyridine rings is 1. The largest absolute Gasteiger partial charge is 0.417 e. The van der Waals surface area contributed by atoms with E-state index in [0.29, 0.717) is 30.2 Å². The Hall–Kier alpha value is -3.12. The van der Waals surface area contributed by atoms with Gasteiger partial charge in [-0.2, -0.15) is 18.4 Å². The first-order valence-electron chi connectivity index (χ1n) is 10.7. The molecule has 1 aliphatic heterocycles. The predicted octanol–water partition coefficient (Wildman–Crippen LogP) is 5.22. The number of aliphatic hydroxyl groups excluding tert-OH is 1. The highest BCUT2D eigenvalue weighted by Crippen LogP contribution is 2.36. The zero-order valence-corrected chi connectivity index (χ0v) is 18.8. The summed E-state index contributed by atoms with van der Waals surface area (Å²) in [7, 11) is 0. The lowest BCUT2D eigenvalue weighted by Gasteiger charge is -2.44. The lowest BCUT2D eigenvalue weighted by Crippen LogP contribution is -2.49. The third-order valence-corrected chi connectivity index (χ3v) is 6.22. The van der Waals surface area contributed by atoms with E-state index in [1.807, 2.05) is 36.4 Å². The van der Waals surface area contributed by atoms with Gasteiger partial charge in [-0.3, -0.25) is 9.88 Å². The molecule has 0 amide bonds. The van der Waals surface area contributed by atoms with Crippen LogP contribution in [0.4, 0.5) is 18.9 Å². The van der Waals surface area contributed by atoms with E-state index in [0.717, 1.165) is 23.5 Å². The van der Waals surface area contributed by atoms with Gasteiger partial charge in [-0.15, -0.1) is 0 Å². The van der Waals surface area contributed by atoms with Gasteiger partial charge in [-0.1, -0.05) is 41.9 Å². The summed E-state index contributed by atoms with van der Waals surface area (Å²) in [6, 6.07) is 19.3. The molecule has 0 bridgehead atoms. The number of nitriles is 1. The van der Waals surface area contributed by atoms with Gasteiger partial charge < -0.3 is 10.0 Å². The van der Waals surface area contributed by atoms with Crippen molar-refractivity contribution >= 4 is 17.3 Å². The van der Waals surface area contributed by atoms with Crippen LogP contribution >= 0.6 is 11.6 Å². The molecule has 0 aliphatic carbocycles. The van der Waals surface area contributed by atoms with Crippen molar-refractivity contribution in [2.24, 2.45) is 0 Å². The quantitative estimate of drug-likeness (QED) is 0.535. The Morgan fingerprint density at radius 3 is 2.50 bits per heavy atom. The van der Waals surface area contributed by atoms with Crippen molar-refractivity contribution in [3.63, 3.8) is 0 Å². The minimum absolute atomic E-state index is 0.0758. The maximum absolute atomic E-state index is 12.8. The molecule has 1 fully saturated rings. The summed E-state index contributed by atoms with van der Waals surface area (Å²) in [4.78, 5) is 8.07. The fourth-order valence-corrected chi connectivity index (χ4v) is 4.46. The van der Waals surface area contributed by atoms with Gasteiger partial charge in [-0.05, 0) is 35.9 Å². The third-order valence-electron chi connectivity index (χ3n) is 5.92. The molecule has 2 aromatic carbocycles. The molecule has 1 unspecified atom stereocenters. The van der Waals surface area contributed by atoms with Gasteiger partial charge in [0.25, 0.3) is 0 Å². The number of β-amino-alcohol motifs (C(OH)–C–C–N with tert-alkyl or cyclic N) is 1. The zero-order chi connectivity index (χ0) is 24.3. The fourth-order valence-electron chi connectivity index (χ4n) is 4.17. The number of piperazine rings is 1. The summed E-state index contributed by atoms with van der Waals surface area (Å²) in [6.07, 6.45) is -4.75. The number of benzene rings is 2. The van der Waals surface area contributed by atoms with Crippen LogP contribution < -0.4 is 4.90 Å². The molecule has 4 rings (SSSR count). The van der Waals surface area contributed by atoms with Gasteiger partial charge in [0.1, 0.15) is 6.10 Å². The maximum Gasteiger partial charge on any atom is 0.417 e. The van der Waals surface area contributed by atoms with E-state index < -0.39 is 17.8 Å². The van der Waals surface area contributed by atoms with Gasteiger partial charge in [-0.25, -0.2) is 0 Å². The molecule has 1 saturated heterocycles. The molecule has 34 heavy (non-hydrogen) atoms. The molecule has 3 aromatic rings. The van der Waals surface area contributed by atoms with E-state index in [-0.39, 0.29) is 18.3 Å². The second-order valence-corrected chi connectivity index (χ2v) is 8.55. The first-order valence-corrected chi connectivity index (χ1v) is 11.1. The molecule has 0 saturated carbocycles. The van der Waals surface area contributed by atoms with Crippen LogP contribution in [0.15, 0.2) is 66.9 Å². The SMILES string of the molecule is N#Cc1ccc(N2CCN(CC(O)c3ccc(C(F)(F)F)cn3)C[C@H]2c2ccccc2)c(Cl)c1. The Kier molecular flexibility index (Phi) is 7.08. The summed E-state index contributed by atoms with van der Waals surface area (Å²) in [5, 5.41) is 20.3. The van der Waals surface area contributed by atoms with E-state index in [1.54, 1.807) is 12.1 Å². The first kappa shape index (κ1) is 24.0. The van der Waals surface area contributed by atoms with E-state index in [4.69, 9.17) is 16.9 Å². The second-order valence-electron chi connectivity index (χ2n) is 8.14. The monoisotopic (exact) mass is 486 g/mol. The van der Waals surface area contributed by atoms with E-state index >= 15 is 0 Å². The molecule has 176 valence electrons. The highest BCUT2D eigenvalue weighted by Gasteiger charge is 2.32. The van der Waals surface area contributed by atoms with Gasteiger partial charge in [0.15, 0.2) is 0 Å². The number of anilines is 1. The number of aliphatic hydroxyl groups is 1. The summed E-state index contributed by atoms with van der Waals surface area (Å²) >= 11 is 6.51. The van der Waals surface area contributed by atoms with E-state index in [9.17, 15) is 18.3 Å². The van der Waals surface area contributed by atoms with Crippen LogP contribution in [0.3, 0.4) is 0 Å². The third kappa shape index (κ3) is 5.33. The molecular weight excluding hydrogens is 465 g/mol. The standard InChI is InChI=1S/C25H22ClF3N4O/c26-20-12-17(13-30)6-9-22(20)33-11-10-32(15-23(33)18-4-2-1-3-5-18)16-24(34)21-8-7-19(14-31-21)25(27,28)29/h1-9,12,14,23-24,34H,10-11,15-16H2/t23-,24?/m0/s1. The summed E-state index contributed by atoms with van der Waals surface area (Å²) in [6.45, 7) is 2.02. The van der Waals surface area contributed by atoms with Crippen LogP contribution in [0.5, 0.6) is 0 Å². The normalized spacial score (nSPS) is 17.9. The Morgan fingerprint density at radius 1 is 1.12 bits per heavy atom. The number of halogens is 4. The van der Waals surface area contributed by atoms with Crippen LogP contribution in [0.2, 0.25) is 5.02 Å². The number of hydrogen-bond donors (Lipinski definition) is 1. The average molecular weight is 487 g/mol. The molecule has 1 N–H and O–H groups in total. The smallest absolute Gasteiger partial charge is 0.385 e. The maximum atomic E-state index is 12.8. The highest BCUT2D eigenvalue weighted by atomic mass is 35.5. The topological polar surface area (TPSA) is 63.4 Å². The molecule has 5 nitrogen and oxygen atoms in total. The molecule has 2 heterocycles. The van der Waals surface area contributed by atoms with E-state index in [2.05, 4.69) is 20.9 Å². The van der Waals surface area contributed by atoms with Crippen LogP contribution in [0.1, 0.15) is 34.5 Å². The summed E-state index contributed by atoms with van der Waals surface area (Å²) < 4.78 is 38.4. The van der Waals surface area contributed by atoms with Crippen LogP contribution in [0.25, 0.3) is 0 Å². The number of hydrogen-bond acceptors (Lipinski definition) is 5. The lowest BCUT2D eigenvalue weighted by molar-refractivity contribution is -0.137. The molecule has 9 heteroatoms. The molecule has 1 aromatic heterocycles. The molecule has 0 spiro atoms. The van der Waals surface area contributed by atoms with Crippen molar-refractivity contribution in [1.29, 1.82) is 5.26 Å². The van der Waals surface area contributed by atoms with Gasteiger partial charge in [0.05, 0.1) is 39.6 Å². The van der Waals surface area contributed by atoms with E-state index in [1.165, 1.54) is 6.07 Å². The minimum Gasteiger partial charge on any atom is -0.385 e. The molecule has 1 aliphatic rings. The number of alkyl halides is 3. The average Bonchev–Trinajstić information content (AvgIpc) is 2.84. The van der Waals surface area contributed by atoms with Crippen LogP contribution in [-0.4, -0.2) is 41.2 Å². The van der Waals surface area contributed by atoms with Crippen LogP contribution in [0, 0.1) is 11.3 Å². The van der Waals surface area contributed by atoms with Gasteiger partial charge >= 0.3 is 6.18 Å². The Balaban J connectivity index is 1.53. The summed E-state index contributed by atoms with van der Waals surface area (Å²) in [5.74, 6) is 0. The highest BCUT2D eigenvalue weighted by molar-refractivity contribution is 6.33. The van der Waals surface area contributed by atoms with Crippen molar-refractivity contribution in [3.05, 3.63) is 94.3 Å².